The lowest BCUT2D eigenvalue weighted by Gasteiger charge is -2.48. The third-order valence-electron chi connectivity index (χ3n) is 6.12. The number of nitrogens with one attached hydrogen (secondary N) is 1. The van der Waals surface area contributed by atoms with Gasteiger partial charge in [-0.1, -0.05) is 29.8 Å². The van der Waals surface area contributed by atoms with Crippen LogP contribution < -0.4 is 10.1 Å². The highest BCUT2D eigenvalue weighted by atomic mass is 35.5. The Morgan fingerprint density at radius 1 is 1.23 bits per heavy atom. The number of morpholine rings is 1. The SMILES string of the molecule is COc1cccc(CN2CCC3(CC2)CN(C)C[C@@H](C(=O)Nc2cccc(Cl)c2)O3)c1. The maximum Gasteiger partial charge on any atom is 0.254 e. The molecule has 2 heterocycles. The van der Waals surface area contributed by atoms with E-state index in [1.807, 2.05) is 24.3 Å². The van der Waals surface area contributed by atoms with Gasteiger partial charge >= 0.3 is 0 Å². The Labute approximate surface area is 189 Å². The summed E-state index contributed by atoms with van der Waals surface area (Å²) in [4.78, 5) is 17.5. The van der Waals surface area contributed by atoms with Gasteiger partial charge in [0.05, 0.1) is 12.7 Å². The van der Waals surface area contributed by atoms with E-state index >= 15 is 0 Å². The molecule has 166 valence electrons. The Kier molecular flexibility index (Phi) is 6.82. The van der Waals surface area contributed by atoms with Gasteiger partial charge in [0.25, 0.3) is 5.91 Å². The summed E-state index contributed by atoms with van der Waals surface area (Å²) >= 11 is 6.04. The molecule has 2 fully saturated rings. The second-order valence-electron chi connectivity index (χ2n) is 8.61. The van der Waals surface area contributed by atoms with Crippen LogP contribution in [-0.4, -0.2) is 67.7 Å². The van der Waals surface area contributed by atoms with Gasteiger partial charge in [-0.2, -0.15) is 0 Å². The monoisotopic (exact) mass is 443 g/mol. The van der Waals surface area contributed by atoms with Crippen LogP contribution in [0.3, 0.4) is 0 Å². The van der Waals surface area contributed by atoms with E-state index in [0.29, 0.717) is 17.3 Å². The zero-order valence-corrected chi connectivity index (χ0v) is 18.9. The van der Waals surface area contributed by atoms with E-state index in [-0.39, 0.29) is 11.5 Å². The summed E-state index contributed by atoms with van der Waals surface area (Å²) in [5.41, 5.74) is 1.65. The Hall–Kier alpha value is -2.12. The quantitative estimate of drug-likeness (QED) is 0.764. The number of amides is 1. The number of likely N-dealkylation sites (tertiary alicyclic amines) is 1. The molecule has 2 aliphatic heterocycles. The van der Waals surface area contributed by atoms with Crippen molar-refractivity contribution in [3.05, 3.63) is 59.1 Å². The number of hydrogen-bond acceptors (Lipinski definition) is 5. The third kappa shape index (κ3) is 5.57. The summed E-state index contributed by atoms with van der Waals surface area (Å²) < 4.78 is 11.8. The minimum atomic E-state index is -0.498. The van der Waals surface area contributed by atoms with Crippen LogP contribution in [0.1, 0.15) is 18.4 Å². The van der Waals surface area contributed by atoms with E-state index in [1.165, 1.54) is 5.56 Å². The standard InChI is InChI=1S/C24H30ClN3O3/c1-27-16-22(23(29)26-20-7-4-6-19(25)14-20)31-24(17-27)9-11-28(12-10-24)15-18-5-3-8-21(13-18)30-2/h3-8,13-14,22H,9-12,15-17H2,1-2H3,(H,26,29)/t22-/m0/s1. The molecule has 0 saturated carbocycles. The maximum atomic E-state index is 12.9. The number of ether oxygens (including phenoxy) is 2. The lowest BCUT2D eigenvalue weighted by Crippen LogP contribution is -2.60. The fourth-order valence-corrected chi connectivity index (χ4v) is 4.76. The minimum absolute atomic E-state index is 0.119. The molecule has 7 heteroatoms. The number of nitrogens with zero attached hydrogens (tertiary/aromatic N) is 2. The molecule has 0 unspecified atom stereocenters. The number of carbonyl (C=O) groups excluding carboxylic acids is 1. The van der Waals surface area contributed by atoms with Gasteiger partial charge in [-0.05, 0) is 55.8 Å². The van der Waals surface area contributed by atoms with Crippen molar-refractivity contribution in [1.82, 2.24) is 9.80 Å². The summed E-state index contributed by atoms with van der Waals surface area (Å²) in [5, 5.41) is 3.55. The van der Waals surface area contributed by atoms with Gasteiger partial charge in [0, 0.05) is 43.4 Å². The van der Waals surface area contributed by atoms with Crippen LogP contribution in [0, 0.1) is 0 Å². The summed E-state index contributed by atoms with van der Waals surface area (Å²) in [5.74, 6) is 0.767. The smallest absolute Gasteiger partial charge is 0.254 e. The van der Waals surface area contributed by atoms with Crippen LogP contribution in [0.25, 0.3) is 0 Å². The average Bonchev–Trinajstić information content (AvgIpc) is 2.75. The molecule has 2 aromatic carbocycles. The molecule has 4 rings (SSSR count). The van der Waals surface area contributed by atoms with Crippen LogP contribution in [0.5, 0.6) is 5.75 Å². The second kappa shape index (κ2) is 9.57. The van der Waals surface area contributed by atoms with Crippen molar-refractivity contribution in [2.45, 2.75) is 31.1 Å². The number of anilines is 1. The highest BCUT2D eigenvalue weighted by Gasteiger charge is 2.44. The molecule has 0 bridgehead atoms. The van der Waals surface area contributed by atoms with Crippen LogP contribution >= 0.6 is 11.6 Å². The highest BCUT2D eigenvalue weighted by molar-refractivity contribution is 6.30. The summed E-state index contributed by atoms with van der Waals surface area (Å²) in [6.07, 6.45) is 1.31. The number of methoxy groups -OCH3 is 1. The van der Waals surface area contributed by atoms with Crippen molar-refractivity contribution < 1.29 is 14.3 Å². The number of carbonyl (C=O) groups is 1. The highest BCUT2D eigenvalue weighted by Crippen LogP contribution is 2.33. The van der Waals surface area contributed by atoms with E-state index < -0.39 is 6.10 Å². The van der Waals surface area contributed by atoms with E-state index in [0.717, 1.165) is 44.8 Å². The van der Waals surface area contributed by atoms with Gasteiger partial charge in [-0.25, -0.2) is 0 Å². The van der Waals surface area contributed by atoms with E-state index in [9.17, 15) is 4.79 Å². The molecule has 2 aromatic rings. The molecule has 0 radical (unpaired) electrons. The van der Waals surface area contributed by atoms with Gasteiger partial charge in [-0.3, -0.25) is 9.69 Å². The Morgan fingerprint density at radius 2 is 2.00 bits per heavy atom. The Morgan fingerprint density at radius 3 is 2.74 bits per heavy atom. The summed E-state index contributed by atoms with van der Waals surface area (Å²) in [6.45, 7) is 4.20. The van der Waals surface area contributed by atoms with E-state index in [2.05, 4.69) is 34.3 Å². The molecule has 1 amide bonds. The topological polar surface area (TPSA) is 54.0 Å². The summed E-state index contributed by atoms with van der Waals surface area (Å²) in [7, 11) is 3.76. The molecular weight excluding hydrogens is 414 g/mol. The molecule has 6 nitrogen and oxygen atoms in total. The van der Waals surface area contributed by atoms with Gasteiger partial charge in [-0.15, -0.1) is 0 Å². The molecule has 1 spiro atoms. The number of halogens is 1. The van der Waals surface area contributed by atoms with Crippen molar-refractivity contribution >= 4 is 23.2 Å². The fourth-order valence-electron chi connectivity index (χ4n) is 4.56. The molecular formula is C24H30ClN3O3. The maximum absolute atomic E-state index is 12.9. The molecule has 1 atom stereocenters. The van der Waals surface area contributed by atoms with Gasteiger partial charge in [0.15, 0.2) is 0 Å². The Balaban J connectivity index is 1.36. The number of rotatable bonds is 5. The van der Waals surface area contributed by atoms with Crippen molar-refractivity contribution in [2.75, 3.05) is 45.7 Å². The van der Waals surface area contributed by atoms with Gasteiger partial charge in [0.1, 0.15) is 11.9 Å². The van der Waals surface area contributed by atoms with Crippen LogP contribution in [0.4, 0.5) is 5.69 Å². The molecule has 0 aromatic heterocycles. The van der Waals surface area contributed by atoms with Crippen LogP contribution in [0.2, 0.25) is 5.02 Å². The van der Waals surface area contributed by atoms with Crippen molar-refractivity contribution in [3.8, 4) is 5.75 Å². The first-order valence-corrected chi connectivity index (χ1v) is 11.1. The number of benzene rings is 2. The van der Waals surface area contributed by atoms with E-state index in [1.54, 1.807) is 19.2 Å². The first kappa shape index (κ1) is 22.1. The van der Waals surface area contributed by atoms with Crippen LogP contribution in [-0.2, 0) is 16.1 Å². The third-order valence-corrected chi connectivity index (χ3v) is 6.36. The number of hydrogen-bond donors (Lipinski definition) is 1. The molecule has 2 saturated heterocycles. The number of likely N-dealkylation sites (N-methyl/N-ethyl adjacent to an activating group) is 1. The predicted molar refractivity (Wildman–Crippen MR) is 123 cm³/mol. The molecule has 0 aliphatic carbocycles. The zero-order valence-electron chi connectivity index (χ0n) is 18.1. The molecule has 1 N–H and O–H groups in total. The van der Waals surface area contributed by atoms with E-state index in [4.69, 9.17) is 21.1 Å². The average molecular weight is 444 g/mol. The molecule has 2 aliphatic rings. The minimum Gasteiger partial charge on any atom is -0.497 e. The van der Waals surface area contributed by atoms with Gasteiger partial charge in [0.2, 0.25) is 0 Å². The van der Waals surface area contributed by atoms with Gasteiger partial charge < -0.3 is 19.7 Å². The fraction of sp³-hybridized carbons (Fsp3) is 0.458. The van der Waals surface area contributed by atoms with Crippen molar-refractivity contribution in [1.29, 1.82) is 0 Å². The predicted octanol–water partition coefficient (Wildman–Crippen LogP) is 3.65. The normalized spacial score (nSPS) is 21.7. The Bertz CT molecular complexity index is 914. The van der Waals surface area contributed by atoms with Crippen molar-refractivity contribution in [3.63, 3.8) is 0 Å². The summed E-state index contributed by atoms with van der Waals surface area (Å²) in [6, 6.07) is 15.4. The van der Waals surface area contributed by atoms with Crippen LogP contribution in [0.15, 0.2) is 48.5 Å². The van der Waals surface area contributed by atoms with Crippen molar-refractivity contribution in [2.24, 2.45) is 0 Å². The first-order valence-electron chi connectivity index (χ1n) is 10.7. The number of piperidine rings is 1. The lowest BCUT2D eigenvalue weighted by molar-refractivity contribution is -0.178. The second-order valence-corrected chi connectivity index (χ2v) is 9.05. The largest absolute Gasteiger partial charge is 0.497 e. The lowest BCUT2D eigenvalue weighted by atomic mass is 9.88. The zero-order chi connectivity index (χ0) is 21.8. The first-order chi connectivity index (χ1) is 14.9. The molecule has 31 heavy (non-hydrogen) atoms.